The Morgan fingerprint density at radius 1 is 1.26 bits per heavy atom. The first-order valence-electron chi connectivity index (χ1n) is 10.6. The molecule has 9 heteroatoms. The number of thioether (sulfide) groups is 1. The molecule has 31 heavy (non-hydrogen) atoms. The molecule has 1 aromatic rings. The highest BCUT2D eigenvalue weighted by Crippen LogP contribution is 2.36. The number of pyridine rings is 1. The zero-order chi connectivity index (χ0) is 22.5. The molecule has 0 saturated carbocycles. The Morgan fingerprint density at radius 2 is 1.97 bits per heavy atom. The monoisotopic (exact) mass is 460 g/mol. The Bertz CT molecular complexity index is 1000. The topological polar surface area (TPSA) is 78.6 Å². The lowest BCUT2D eigenvalue weighted by molar-refractivity contribution is -0.122. The van der Waals surface area contributed by atoms with Crippen molar-refractivity contribution in [3.63, 3.8) is 0 Å². The van der Waals surface area contributed by atoms with Crippen LogP contribution >= 0.6 is 24.0 Å². The van der Waals surface area contributed by atoms with Crippen molar-refractivity contribution < 1.29 is 9.53 Å². The summed E-state index contributed by atoms with van der Waals surface area (Å²) in [4.78, 5) is 30.5. The fourth-order valence-electron chi connectivity index (χ4n) is 4.04. The van der Waals surface area contributed by atoms with Gasteiger partial charge in [0.25, 0.3) is 11.5 Å². The number of hydrogen-bond donors (Lipinski definition) is 0. The number of ether oxygens (including phenoxy) is 1. The fourth-order valence-corrected chi connectivity index (χ4v) is 5.33. The van der Waals surface area contributed by atoms with Gasteiger partial charge in [0, 0.05) is 45.5 Å². The number of hydrogen-bond acceptors (Lipinski definition) is 7. The van der Waals surface area contributed by atoms with E-state index in [1.807, 2.05) is 13.0 Å². The van der Waals surface area contributed by atoms with E-state index >= 15 is 0 Å². The van der Waals surface area contributed by atoms with Gasteiger partial charge in [-0.05, 0) is 44.2 Å². The summed E-state index contributed by atoms with van der Waals surface area (Å²) in [5.74, 6) is 0.676. The van der Waals surface area contributed by atoms with Gasteiger partial charge >= 0.3 is 0 Å². The van der Waals surface area contributed by atoms with Crippen LogP contribution in [0.1, 0.15) is 49.3 Å². The largest absolute Gasteiger partial charge is 0.385 e. The second-order valence-corrected chi connectivity index (χ2v) is 9.36. The van der Waals surface area contributed by atoms with E-state index in [2.05, 4.69) is 11.0 Å². The molecule has 0 N–H and O–H groups in total. The molecule has 166 valence electrons. The third-order valence-corrected chi connectivity index (χ3v) is 6.96. The number of thiocarbonyl (C=S) groups is 1. The Morgan fingerprint density at radius 3 is 2.58 bits per heavy atom. The highest BCUT2D eigenvalue weighted by atomic mass is 32.2. The predicted molar refractivity (Wildman–Crippen MR) is 128 cm³/mol. The lowest BCUT2D eigenvalue weighted by Crippen LogP contribution is -2.33. The minimum Gasteiger partial charge on any atom is -0.385 e. The molecular weight excluding hydrogens is 432 g/mol. The standard InChI is InChI=1S/C22H28N4O3S2/c1-4-8-25-19(24-9-5-6-10-24)16(15(2)17(14-23)20(25)27)13-18-21(28)26(22(30)31-18)11-7-12-29-3/h13H,4-12H2,1-3H3/b18-13-. The van der Waals surface area contributed by atoms with Crippen molar-refractivity contribution in [2.24, 2.45) is 0 Å². The first-order valence-corrected chi connectivity index (χ1v) is 11.8. The highest BCUT2D eigenvalue weighted by Gasteiger charge is 2.33. The number of rotatable bonds is 8. The van der Waals surface area contributed by atoms with Gasteiger partial charge in [0.05, 0.1) is 4.91 Å². The Labute approximate surface area is 192 Å². The molecule has 2 aliphatic rings. The molecule has 0 spiro atoms. The normalized spacial score (nSPS) is 17.8. The number of amides is 1. The van der Waals surface area contributed by atoms with Crippen LogP contribution in [0.25, 0.3) is 6.08 Å². The van der Waals surface area contributed by atoms with Crippen molar-refractivity contribution in [2.45, 2.75) is 46.1 Å². The molecule has 0 radical (unpaired) electrons. The summed E-state index contributed by atoms with van der Waals surface area (Å²) < 4.78 is 7.32. The van der Waals surface area contributed by atoms with Crippen LogP contribution in [0.3, 0.4) is 0 Å². The van der Waals surface area contributed by atoms with Gasteiger partial charge < -0.3 is 9.64 Å². The molecular formula is C22H28N4O3S2. The van der Waals surface area contributed by atoms with Gasteiger partial charge in [-0.2, -0.15) is 5.26 Å². The molecule has 0 atom stereocenters. The quantitative estimate of drug-likeness (QED) is 0.335. The second-order valence-electron chi connectivity index (χ2n) is 7.68. The Hall–Kier alpha value is -2.15. The summed E-state index contributed by atoms with van der Waals surface area (Å²) in [6.45, 7) is 7.10. The average Bonchev–Trinajstić information content (AvgIpc) is 3.36. The van der Waals surface area contributed by atoms with E-state index in [1.165, 1.54) is 11.8 Å². The number of methoxy groups -OCH3 is 1. The summed E-state index contributed by atoms with van der Waals surface area (Å²) >= 11 is 6.71. The molecule has 0 unspecified atom stereocenters. The van der Waals surface area contributed by atoms with Gasteiger partial charge in [-0.3, -0.25) is 19.1 Å². The molecule has 0 bridgehead atoms. The number of carbonyl (C=O) groups excluding carboxylic acids is 1. The molecule has 0 aliphatic carbocycles. The first-order chi connectivity index (χ1) is 14.9. The molecule has 3 heterocycles. The minimum absolute atomic E-state index is 0.135. The van der Waals surface area contributed by atoms with E-state index in [1.54, 1.807) is 23.5 Å². The summed E-state index contributed by atoms with van der Waals surface area (Å²) in [5.41, 5.74) is 1.27. The molecule has 7 nitrogen and oxygen atoms in total. The van der Waals surface area contributed by atoms with Crippen molar-refractivity contribution in [3.05, 3.63) is 31.9 Å². The third-order valence-electron chi connectivity index (χ3n) is 5.58. The van der Waals surface area contributed by atoms with Crippen LogP contribution in [0.4, 0.5) is 5.82 Å². The van der Waals surface area contributed by atoms with Crippen LogP contribution in [0.2, 0.25) is 0 Å². The minimum atomic E-state index is -0.256. The van der Waals surface area contributed by atoms with Crippen molar-refractivity contribution in [1.29, 1.82) is 5.26 Å². The van der Waals surface area contributed by atoms with Gasteiger partial charge in [-0.15, -0.1) is 0 Å². The van der Waals surface area contributed by atoms with E-state index in [4.69, 9.17) is 17.0 Å². The number of nitrogens with zero attached hydrogens (tertiary/aromatic N) is 4. The fraction of sp³-hybridized carbons (Fsp3) is 0.545. The SMILES string of the molecule is CCCn1c(N2CCCC2)c(/C=C2\SC(=S)N(CCCOC)C2=O)c(C)c(C#N)c1=O. The van der Waals surface area contributed by atoms with Crippen LogP contribution < -0.4 is 10.5 Å². The van der Waals surface area contributed by atoms with Crippen LogP contribution in [0, 0.1) is 18.3 Å². The molecule has 1 amide bonds. The van der Waals surface area contributed by atoms with Crippen LogP contribution in [-0.2, 0) is 16.1 Å². The molecule has 2 fully saturated rings. The van der Waals surface area contributed by atoms with Crippen LogP contribution in [0.15, 0.2) is 9.70 Å². The van der Waals surface area contributed by atoms with Crippen molar-refractivity contribution in [3.8, 4) is 6.07 Å². The van der Waals surface area contributed by atoms with Crippen molar-refractivity contribution >= 4 is 46.1 Å². The van der Waals surface area contributed by atoms with Gasteiger partial charge in [-0.1, -0.05) is 30.9 Å². The van der Waals surface area contributed by atoms with E-state index in [9.17, 15) is 14.9 Å². The first kappa shape index (κ1) is 23.5. The molecule has 1 aromatic heterocycles. The smallest absolute Gasteiger partial charge is 0.270 e. The number of anilines is 1. The molecule has 2 aliphatic heterocycles. The zero-order valence-electron chi connectivity index (χ0n) is 18.3. The Kier molecular flexibility index (Phi) is 7.92. The number of aromatic nitrogens is 1. The highest BCUT2D eigenvalue weighted by molar-refractivity contribution is 8.26. The number of nitriles is 1. The Balaban J connectivity index is 2.13. The van der Waals surface area contributed by atoms with Gasteiger partial charge in [-0.25, -0.2) is 0 Å². The summed E-state index contributed by atoms with van der Waals surface area (Å²) in [6, 6.07) is 2.09. The molecule has 2 saturated heterocycles. The summed E-state index contributed by atoms with van der Waals surface area (Å²) in [6.07, 6.45) is 5.41. The predicted octanol–water partition coefficient (Wildman–Crippen LogP) is 3.28. The maximum Gasteiger partial charge on any atom is 0.270 e. The maximum absolute atomic E-state index is 13.1. The van der Waals surface area contributed by atoms with E-state index < -0.39 is 0 Å². The van der Waals surface area contributed by atoms with Crippen molar-refractivity contribution in [1.82, 2.24) is 9.47 Å². The maximum atomic E-state index is 13.1. The summed E-state index contributed by atoms with van der Waals surface area (Å²) in [7, 11) is 1.63. The molecule has 3 rings (SSSR count). The van der Waals surface area contributed by atoms with Gasteiger partial charge in [0.15, 0.2) is 0 Å². The third kappa shape index (κ3) is 4.71. The van der Waals surface area contributed by atoms with Crippen LogP contribution in [-0.4, -0.2) is 53.0 Å². The van der Waals surface area contributed by atoms with Gasteiger partial charge in [0.2, 0.25) is 0 Å². The molecule has 0 aromatic carbocycles. The van der Waals surface area contributed by atoms with Crippen molar-refractivity contribution in [2.75, 3.05) is 38.3 Å². The zero-order valence-corrected chi connectivity index (χ0v) is 19.9. The van der Waals surface area contributed by atoms with Crippen LogP contribution in [0.5, 0.6) is 0 Å². The lowest BCUT2D eigenvalue weighted by Gasteiger charge is -2.26. The van der Waals surface area contributed by atoms with E-state index in [0.717, 1.165) is 43.7 Å². The lowest BCUT2D eigenvalue weighted by atomic mass is 10.0. The van der Waals surface area contributed by atoms with E-state index in [-0.39, 0.29) is 17.0 Å². The second kappa shape index (κ2) is 10.4. The van der Waals surface area contributed by atoms with Gasteiger partial charge in [0.1, 0.15) is 21.8 Å². The summed E-state index contributed by atoms with van der Waals surface area (Å²) in [5, 5.41) is 9.68. The van der Waals surface area contributed by atoms with E-state index in [0.29, 0.717) is 40.9 Å². The average molecular weight is 461 g/mol. The number of carbonyl (C=O) groups is 1.